The van der Waals surface area contributed by atoms with Gasteiger partial charge in [-0.25, -0.2) is 9.29 Å². The third-order valence-corrected chi connectivity index (χ3v) is 3.14. The average molecular weight is 246 g/mol. The summed E-state index contributed by atoms with van der Waals surface area (Å²) >= 11 is 0. The van der Waals surface area contributed by atoms with Crippen molar-refractivity contribution in [3.05, 3.63) is 35.4 Å². The zero-order valence-electron chi connectivity index (χ0n) is 9.99. The van der Waals surface area contributed by atoms with Gasteiger partial charge in [-0.05, 0) is 24.0 Å². The first-order valence-electron chi connectivity index (χ1n) is 5.92. The fourth-order valence-corrected chi connectivity index (χ4v) is 2.25. The Hall–Kier alpha value is -2.09. The molecule has 1 aromatic carbocycles. The van der Waals surface area contributed by atoms with E-state index >= 15 is 0 Å². The quantitative estimate of drug-likeness (QED) is 0.371. The molecule has 0 radical (unpaired) electrons. The van der Waals surface area contributed by atoms with Crippen LogP contribution in [-0.2, 0) is 6.42 Å². The summed E-state index contributed by atoms with van der Waals surface area (Å²) in [6.07, 6.45) is 3.68. The van der Waals surface area contributed by atoms with Crippen LogP contribution in [0.3, 0.4) is 0 Å². The maximum absolute atomic E-state index is 12.2. The van der Waals surface area contributed by atoms with Crippen molar-refractivity contribution in [1.82, 2.24) is 10.2 Å². The van der Waals surface area contributed by atoms with Crippen LogP contribution in [0.25, 0.3) is 0 Å². The Bertz CT molecular complexity index is 480. The van der Waals surface area contributed by atoms with Gasteiger partial charge in [0, 0.05) is 0 Å². The highest BCUT2D eigenvalue weighted by atomic mass is 19.1. The number of fused-ring (bicyclic) bond motifs is 1. The van der Waals surface area contributed by atoms with Gasteiger partial charge >= 0.3 is 0 Å². The summed E-state index contributed by atoms with van der Waals surface area (Å²) in [7, 11) is 0. The molecule has 0 fully saturated rings. The minimum atomic E-state index is -0.640. The second-order valence-corrected chi connectivity index (χ2v) is 4.22. The van der Waals surface area contributed by atoms with Crippen molar-refractivity contribution >= 4 is 5.96 Å². The second-order valence-electron chi connectivity index (χ2n) is 4.22. The van der Waals surface area contributed by atoms with Gasteiger partial charge < -0.3 is 5.32 Å². The number of guanidine groups is 1. The van der Waals surface area contributed by atoms with Gasteiger partial charge in [-0.1, -0.05) is 24.3 Å². The van der Waals surface area contributed by atoms with Gasteiger partial charge in [0.2, 0.25) is 5.96 Å². The number of hydrogen-bond acceptors (Lipinski definition) is 2. The molecule has 1 aliphatic rings. The molecule has 1 atom stereocenters. The molecule has 2 rings (SSSR count). The molecule has 5 heteroatoms. The summed E-state index contributed by atoms with van der Waals surface area (Å²) in [5.41, 5.74) is 2.44. The monoisotopic (exact) mass is 246 g/mol. The standard InChI is InChI=1S/C13H15FN4/c14-7-8-18(9-15)13(16)17-12-6-5-10-3-1-2-4-11(10)12/h1-4,12H,5-8H2,(H2,16,17). The van der Waals surface area contributed by atoms with Gasteiger partial charge in [0.05, 0.1) is 12.6 Å². The molecule has 94 valence electrons. The third kappa shape index (κ3) is 2.43. The number of rotatable bonds is 3. The van der Waals surface area contributed by atoms with Crippen LogP contribution in [-0.4, -0.2) is 24.1 Å². The Balaban J connectivity index is 2.04. The predicted molar refractivity (Wildman–Crippen MR) is 66.7 cm³/mol. The summed E-state index contributed by atoms with van der Waals surface area (Å²) in [5.74, 6) is -0.0307. The van der Waals surface area contributed by atoms with Crippen molar-refractivity contribution in [2.45, 2.75) is 18.9 Å². The number of aryl methyl sites for hydroxylation is 1. The topological polar surface area (TPSA) is 62.9 Å². The van der Waals surface area contributed by atoms with E-state index in [-0.39, 0.29) is 18.5 Å². The van der Waals surface area contributed by atoms with Crippen LogP contribution in [0.4, 0.5) is 4.39 Å². The zero-order chi connectivity index (χ0) is 13.0. The van der Waals surface area contributed by atoms with Crippen LogP contribution in [0.2, 0.25) is 0 Å². The van der Waals surface area contributed by atoms with Crippen LogP contribution in [0, 0.1) is 16.9 Å². The largest absolute Gasteiger partial charge is 0.349 e. The van der Waals surface area contributed by atoms with Crippen molar-refractivity contribution in [1.29, 1.82) is 10.7 Å². The van der Waals surface area contributed by atoms with E-state index < -0.39 is 6.67 Å². The van der Waals surface area contributed by atoms with Gasteiger partial charge in [0.1, 0.15) is 6.67 Å². The molecule has 0 aromatic heterocycles. The zero-order valence-corrected chi connectivity index (χ0v) is 9.99. The van der Waals surface area contributed by atoms with Gasteiger partial charge in [-0.2, -0.15) is 5.26 Å². The van der Waals surface area contributed by atoms with E-state index in [4.69, 9.17) is 10.7 Å². The van der Waals surface area contributed by atoms with E-state index in [1.54, 1.807) is 6.19 Å². The molecule has 18 heavy (non-hydrogen) atoms. The highest BCUT2D eigenvalue weighted by Gasteiger charge is 2.23. The van der Waals surface area contributed by atoms with E-state index in [1.165, 1.54) is 11.1 Å². The van der Waals surface area contributed by atoms with Gasteiger partial charge in [-0.15, -0.1) is 0 Å². The van der Waals surface area contributed by atoms with E-state index in [1.807, 2.05) is 18.2 Å². The summed E-state index contributed by atoms with van der Waals surface area (Å²) in [6.45, 7) is -0.713. The highest BCUT2D eigenvalue weighted by Crippen LogP contribution is 2.30. The number of nitrogens with zero attached hydrogens (tertiary/aromatic N) is 2. The number of alkyl halides is 1. The molecule has 0 saturated carbocycles. The number of nitriles is 1. The van der Waals surface area contributed by atoms with Crippen molar-refractivity contribution in [3.8, 4) is 6.19 Å². The molecule has 1 aromatic rings. The second kappa shape index (κ2) is 5.50. The summed E-state index contributed by atoms with van der Waals surface area (Å²) < 4.78 is 12.2. The van der Waals surface area contributed by atoms with Gasteiger partial charge in [0.15, 0.2) is 6.19 Å². The fraction of sp³-hybridized carbons (Fsp3) is 0.385. The summed E-state index contributed by atoms with van der Waals surface area (Å²) in [4.78, 5) is 1.03. The molecule has 0 bridgehead atoms. The van der Waals surface area contributed by atoms with Gasteiger partial charge in [-0.3, -0.25) is 5.41 Å². The molecule has 2 N–H and O–H groups in total. The molecule has 1 aliphatic carbocycles. The first-order chi connectivity index (χ1) is 8.76. The third-order valence-electron chi connectivity index (χ3n) is 3.14. The summed E-state index contributed by atoms with van der Waals surface area (Å²) in [6, 6.07) is 8.11. The van der Waals surface area contributed by atoms with E-state index in [9.17, 15) is 4.39 Å². The molecule has 0 spiro atoms. The lowest BCUT2D eigenvalue weighted by molar-refractivity contribution is 0.410. The molecule has 0 aliphatic heterocycles. The Morgan fingerprint density at radius 1 is 1.56 bits per heavy atom. The van der Waals surface area contributed by atoms with Crippen molar-refractivity contribution < 1.29 is 4.39 Å². The maximum atomic E-state index is 12.2. The van der Waals surface area contributed by atoms with E-state index in [0.717, 1.165) is 17.7 Å². The first-order valence-corrected chi connectivity index (χ1v) is 5.92. The molecule has 0 amide bonds. The lowest BCUT2D eigenvalue weighted by atomic mass is 10.1. The smallest absolute Gasteiger partial charge is 0.205 e. The average Bonchev–Trinajstić information content (AvgIpc) is 2.79. The number of nitrogens with one attached hydrogen (secondary N) is 2. The Morgan fingerprint density at radius 3 is 3.06 bits per heavy atom. The molecular formula is C13H15FN4. The minimum absolute atomic E-state index is 0.0307. The fourth-order valence-electron chi connectivity index (χ4n) is 2.25. The highest BCUT2D eigenvalue weighted by molar-refractivity contribution is 5.78. The van der Waals surface area contributed by atoms with E-state index in [2.05, 4.69) is 11.4 Å². The normalized spacial score (nSPS) is 16.8. The van der Waals surface area contributed by atoms with Crippen LogP contribution >= 0.6 is 0 Å². The SMILES string of the molecule is N#CN(CCF)C(=N)NC1CCc2ccccc21. The summed E-state index contributed by atoms with van der Waals surface area (Å²) in [5, 5.41) is 19.6. The molecular weight excluding hydrogens is 231 g/mol. The van der Waals surface area contributed by atoms with Crippen molar-refractivity contribution in [2.24, 2.45) is 0 Å². The molecule has 4 nitrogen and oxygen atoms in total. The van der Waals surface area contributed by atoms with Gasteiger partial charge in [0.25, 0.3) is 0 Å². The number of benzene rings is 1. The van der Waals surface area contributed by atoms with Crippen LogP contribution < -0.4 is 5.32 Å². The Labute approximate surface area is 106 Å². The Morgan fingerprint density at radius 2 is 2.33 bits per heavy atom. The Kier molecular flexibility index (Phi) is 3.78. The maximum Gasteiger partial charge on any atom is 0.205 e. The lowest BCUT2D eigenvalue weighted by Crippen LogP contribution is -2.40. The lowest BCUT2D eigenvalue weighted by Gasteiger charge is -2.21. The minimum Gasteiger partial charge on any atom is -0.349 e. The molecule has 0 heterocycles. The van der Waals surface area contributed by atoms with Crippen LogP contribution in [0.15, 0.2) is 24.3 Å². The van der Waals surface area contributed by atoms with Crippen molar-refractivity contribution in [3.63, 3.8) is 0 Å². The number of halogens is 1. The van der Waals surface area contributed by atoms with Crippen LogP contribution in [0.5, 0.6) is 0 Å². The first kappa shape index (κ1) is 12.4. The number of hydrogen-bond donors (Lipinski definition) is 2. The predicted octanol–water partition coefficient (Wildman–Crippen LogP) is 1.95. The van der Waals surface area contributed by atoms with E-state index in [0.29, 0.717) is 0 Å². The molecule has 1 unspecified atom stereocenters. The van der Waals surface area contributed by atoms with Crippen molar-refractivity contribution in [2.75, 3.05) is 13.2 Å². The molecule has 0 saturated heterocycles. The van der Waals surface area contributed by atoms with Crippen LogP contribution in [0.1, 0.15) is 23.6 Å².